The summed E-state index contributed by atoms with van der Waals surface area (Å²) in [5.74, 6) is -0.360. The zero-order valence-electron chi connectivity index (χ0n) is 20.2. The van der Waals surface area contributed by atoms with Crippen LogP contribution in [0, 0.1) is 0 Å². The standard InChI is InChI=1S/C26H26N6O3S/c1-26(27-2)9-10-32(13-18(26)35-3)25-29-16-7-5-4-6-14(16)21(30-25)20-19(23(33)31-24(20)34)15-12-28-17-8-11-36-22(15)17/h4-8,11-12,18,27-28H,9-10,13H2,1-3H3,(H,31,33,34). The molecule has 2 atom stereocenters. The molecule has 1 saturated heterocycles. The number of thiophene rings is 1. The number of piperidine rings is 1. The molecule has 2 aliphatic heterocycles. The van der Waals surface area contributed by atoms with Gasteiger partial charge in [-0.05, 0) is 37.9 Å². The number of fused-ring (bicyclic) bond motifs is 2. The third-order valence-corrected chi connectivity index (χ3v) is 8.39. The van der Waals surface area contributed by atoms with Crippen molar-refractivity contribution >= 4 is 61.4 Å². The molecular formula is C26H26N6O3S. The lowest BCUT2D eigenvalue weighted by Crippen LogP contribution is -2.61. The van der Waals surface area contributed by atoms with E-state index in [-0.39, 0.29) is 17.2 Å². The summed E-state index contributed by atoms with van der Waals surface area (Å²) >= 11 is 1.52. The van der Waals surface area contributed by atoms with Crippen molar-refractivity contribution in [3.63, 3.8) is 0 Å². The molecule has 2 unspecified atom stereocenters. The first kappa shape index (κ1) is 22.8. The molecule has 0 bridgehead atoms. The number of carbonyl (C=O) groups is 2. The predicted octanol–water partition coefficient (Wildman–Crippen LogP) is 2.94. The van der Waals surface area contributed by atoms with Crippen LogP contribution in [-0.2, 0) is 14.3 Å². The quantitative estimate of drug-likeness (QED) is 0.360. The van der Waals surface area contributed by atoms with Crippen molar-refractivity contribution in [1.82, 2.24) is 25.6 Å². The Labute approximate surface area is 211 Å². The minimum atomic E-state index is -0.452. The second kappa shape index (κ2) is 8.51. The number of hydrogen-bond acceptors (Lipinski definition) is 8. The predicted molar refractivity (Wildman–Crippen MR) is 141 cm³/mol. The summed E-state index contributed by atoms with van der Waals surface area (Å²) < 4.78 is 6.74. The molecule has 3 N–H and O–H groups in total. The summed E-state index contributed by atoms with van der Waals surface area (Å²) in [6.45, 7) is 3.47. The second-order valence-electron chi connectivity index (χ2n) is 9.38. The number of benzene rings is 1. The van der Waals surface area contributed by atoms with Crippen LogP contribution in [0.2, 0.25) is 0 Å². The number of carbonyl (C=O) groups excluding carboxylic acids is 2. The number of aromatic amines is 1. The molecule has 184 valence electrons. The number of hydrogen-bond donors (Lipinski definition) is 3. The van der Waals surface area contributed by atoms with Crippen molar-refractivity contribution in [2.24, 2.45) is 0 Å². The number of anilines is 1. The van der Waals surface area contributed by atoms with Gasteiger partial charge in [-0.15, -0.1) is 11.3 Å². The van der Waals surface area contributed by atoms with Gasteiger partial charge in [0.15, 0.2) is 0 Å². The van der Waals surface area contributed by atoms with E-state index in [9.17, 15) is 9.59 Å². The van der Waals surface area contributed by atoms with Gasteiger partial charge in [-0.25, -0.2) is 9.97 Å². The van der Waals surface area contributed by atoms with Crippen molar-refractivity contribution in [1.29, 1.82) is 0 Å². The van der Waals surface area contributed by atoms with E-state index >= 15 is 0 Å². The summed E-state index contributed by atoms with van der Waals surface area (Å²) in [4.78, 5) is 41.3. The van der Waals surface area contributed by atoms with Crippen LogP contribution in [-0.4, -0.2) is 65.7 Å². The van der Waals surface area contributed by atoms with Gasteiger partial charge in [0.25, 0.3) is 11.8 Å². The van der Waals surface area contributed by atoms with Gasteiger partial charge in [0.1, 0.15) is 0 Å². The highest BCUT2D eigenvalue weighted by molar-refractivity contribution is 7.17. The number of methoxy groups -OCH3 is 1. The van der Waals surface area contributed by atoms with Crippen LogP contribution in [0.25, 0.3) is 32.3 Å². The zero-order chi connectivity index (χ0) is 25.0. The number of para-hydroxylation sites is 1. The van der Waals surface area contributed by atoms with Gasteiger partial charge >= 0.3 is 0 Å². The van der Waals surface area contributed by atoms with Crippen LogP contribution in [0.15, 0.2) is 41.9 Å². The number of amides is 2. The fourth-order valence-corrected chi connectivity index (χ4v) is 6.07. The maximum absolute atomic E-state index is 13.2. The summed E-state index contributed by atoms with van der Waals surface area (Å²) in [7, 11) is 3.66. The summed E-state index contributed by atoms with van der Waals surface area (Å²) in [6, 6.07) is 9.54. The second-order valence-corrected chi connectivity index (χ2v) is 10.3. The largest absolute Gasteiger partial charge is 0.378 e. The van der Waals surface area contributed by atoms with E-state index in [0.29, 0.717) is 34.8 Å². The van der Waals surface area contributed by atoms with Gasteiger partial charge in [0.2, 0.25) is 5.95 Å². The van der Waals surface area contributed by atoms with Crippen LogP contribution in [0.5, 0.6) is 0 Å². The lowest BCUT2D eigenvalue weighted by atomic mass is 9.87. The van der Waals surface area contributed by atoms with Crippen LogP contribution < -0.4 is 15.5 Å². The number of rotatable bonds is 5. The highest BCUT2D eigenvalue weighted by Crippen LogP contribution is 2.39. The molecule has 0 radical (unpaired) electrons. The fourth-order valence-electron chi connectivity index (χ4n) is 5.19. The van der Waals surface area contributed by atoms with Crippen LogP contribution in [0.1, 0.15) is 24.6 Å². The van der Waals surface area contributed by atoms with E-state index < -0.39 is 11.8 Å². The molecule has 0 saturated carbocycles. The zero-order valence-corrected chi connectivity index (χ0v) is 21.0. The normalized spacial score (nSPS) is 22.8. The SMILES string of the molecule is CNC1(C)CCN(c2nc(C3=C(c4c[nH]c5ccsc45)C(=O)NC3=O)c3ccccc3n2)CC1OC. The highest BCUT2D eigenvalue weighted by atomic mass is 32.1. The number of ether oxygens (including phenoxy) is 1. The fraction of sp³-hybridized carbons (Fsp3) is 0.308. The van der Waals surface area contributed by atoms with Gasteiger partial charge < -0.3 is 19.9 Å². The van der Waals surface area contributed by atoms with Crippen molar-refractivity contribution in [2.45, 2.75) is 25.0 Å². The number of nitrogens with one attached hydrogen (secondary N) is 3. The Kier molecular flexibility index (Phi) is 5.40. The Bertz CT molecular complexity index is 1560. The smallest absolute Gasteiger partial charge is 0.261 e. The molecule has 36 heavy (non-hydrogen) atoms. The van der Waals surface area contributed by atoms with E-state index in [4.69, 9.17) is 14.7 Å². The molecular weight excluding hydrogens is 476 g/mol. The van der Waals surface area contributed by atoms with Crippen molar-refractivity contribution in [3.8, 4) is 0 Å². The summed E-state index contributed by atoms with van der Waals surface area (Å²) in [5.41, 5.74) is 3.23. The lowest BCUT2D eigenvalue weighted by Gasteiger charge is -2.45. The van der Waals surface area contributed by atoms with Crippen molar-refractivity contribution in [2.75, 3.05) is 32.1 Å². The average molecular weight is 503 g/mol. The molecule has 6 rings (SSSR count). The molecule has 1 aromatic carbocycles. The van der Waals surface area contributed by atoms with Gasteiger partial charge in [0, 0.05) is 42.9 Å². The van der Waals surface area contributed by atoms with Crippen molar-refractivity contribution in [3.05, 3.63) is 53.2 Å². The molecule has 0 aliphatic carbocycles. The maximum atomic E-state index is 13.2. The number of imide groups is 1. The number of aromatic nitrogens is 3. The minimum Gasteiger partial charge on any atom is -0.378 e. The molecule has 3 aromatic heterocycles. The molecule has 0 spiro atoms. The van der Waals surface area contributed by atoms with E-state index in [2.05, 4.69) is 27.4 Å². The summed E-state index contributed by atoms with van der Waals surface area (Å²) in [6.07, 6.45) is 2.54. The highest BCUT2D eigenvalue weighted by Gasteiger charge is 2.40. The third kappa shape index (κ3) is 3.44. The Morgan fingerprint density at radius 2 is 1.97 bits per heavy atom. The van der Waals surface area contributed by atoms with E-state index in [1.165, 1.54) is 11.3 Å². The first-order valence-corrected chi connectivity index (χ1v) is 12.7. The topological polar surface area (TPSA) is 112 Å². The van der Waals surface area contributed by atoms with Crippen LogP contribution in [0.3, 0.4) is 0 Å². The van der Waals surface area contributed by atoms with Gasteiger partial charge in [0.05, 0.1) is 38.7 Å². The molecule has 10 heteroatoms. The monoisotopic (exact) mass is 502 g/mol. The van der Waals surface area contributed by atoms with E-state index in [0.717, 1.165) is 28.6 Å². The molecule has 5 heterocycles. The molecule has 9 nitrogen and oxygen atoms in total. The summed E-state index contributed by atoms with van der Waals surface area (Å²) in [5, 5.41) is 8.56. The van der Waals surface area contributed by atoms with Crippen molar-refractivity contribution < 1.29 is 14.3 Å². The number of nitrogens with zero attached hydrogens (tertiary/aromatic N) is 3. The van der Waals surface area contributed by atoms with Gasteiger partial charge in [-0.3, -0.25) is 14.9 Å². The van der Waals surface area contributed by atoms with E-state index in [1.54, 1.807) is 13.3 Å². The molecule has 4 aromatic rings. The average Bonchev–Trinajstić information content (AvgIpc) is 3.58. The Morgan fingerprint density at radius 3 is 2.78 bits per heavy atom. The first-order chi connectivity index (χ1) is 17.4. The van der Waals surface area contributed by atoms with Gasteiger partial charge in [-0.1, -0.05) is 18.2 Å². The van der Waals surface area contributed by atoms with Gasteiger partial charge in [-0.2, -0.15) is 0 Å². The number of H-pyrrole nitrogens is 1. The maximum Gasteiger partial charge on any atom is 0.261 e. The van der Waals surface area contributed by atoms with Crippen LogP contribution in [0.4, 0.5) is 5.95 Å². The number of likely N-dealkylation sites (N-methyl/N-ethyl adjacent to an activating group) is 1. The Hall–Kier alpha value is -3.60. The lowest BCUT2D eigenvalue weighted by molar-refractivity contribution is -0.122. The third-order valence-electron chi connectivity index (χ3n) is 7.45. The van der Waals surface area contributed by atoms with E-state index in [1.807, 2.05) is 42.8 Å². The molecule has 2 aliphatic rings. The first-order valence-electron chi connectivity index (χ1n) is 11.8. The Balaban J connectivity index is 1.54. The van der Waals surface area contributed by atoms with Crippen LogP contribution >= 0.6 is 11.3 Å². The Morgan fingerprint density at radius 1 is 1.17 bits per heavy atom. The molecule has 2 amide bonds. The molecule has 1 fully saturated rings. The minimum absolute atomic E-state index is 0.0760.